The van der Waals surface area contributed by atoms with Crippen LogP contribution < -0.4 is 10.2 Å². The lowest BCUT2D eigenvalue weighted by molar-refractivity contribution is -0.134. The van der Waals surface area contributed by atoms with Gasteiger partial charge in [0.15, 0.2) is 0 Å². The average Bonchev–Trinajstić information content (AvgIpc) is 2.40. The predicted molar refractivity (Wildman–Crippen MR) is 73.7 cm³/mol. The van der Waals surface area contributed by atoms with Crippen LogP contribution in [-0.2, 0) is 4.79 Å². The number of nitrogens with one attached hydrogen (secondary N) is 1. The van der Waals surface area contributed by atoms with Gasteiger partial charge >= 0.3 is 0 Å². The highest BCUT2D eigenvalue weighted by Crippen LogP contribution is 2.22. The minimum atomic E-state index is -0.112. The van der Waals surface area contributed by atoms with Crippen LogP contribution in [0.25, 0.3) is 0 Å². The van der Waals surface area contributed by atoms with E-state index in [4.69, 9.17) is 0 Å². The summed E-state index contributed by atoms with van der Waals surface area (Å²) in [5, 5.41) is 3.11. The first-order valence-corrected chi connectivity index (χ1v) is 6.38. The SMILES string of the molecule is CNCC1C(=O)N(C)C(C)CN1c1ccccc1. The van der Waals surface area contributed by atoms with E-state index in [1.165, 1.54) is 0 Å². The molecular weight excluding hydrogens is 226 g/mol. The highest BCUT2D eigenvalue weighted by molar-refractivity contribution is 5.87. The van der Waals surface area contributed by atoms with Gasteiger partial charge in [-0.1, -0.05) is 18.2 Å². The minimum absolute atomic E-state index is 0.112. The number of nitrogens with zero attached hydrogens (tertiary/aromatic N) is 2. The standard InChI is InChI=1S/C14H21N3O/c1-11-10-17(12-7-5-4-6-8-12)13(9-15-2)14(18)16(11)3/h4-8,11,13,15H,9-10H2,1-3H3. The molecule has 1 aromatic rings. The Hall–Kier alpha value is -1.55. The summed E-state index contributed by atoms with van der Waals surface area (Å²) in [6.45, 7) is 3.63. The minimum Gasteiger partial charge on any atom is -0.356 e. The van der Waals surface area contributed by atoms with Crippen molar-refractivity contribution in [1.29, 1.82) is 0 Å². The van der Waals surface area contributed by atoms with Crippen LogP contribution in [-0.4, -0.2) is 50.1 Å². The van der Waals surface area contributed by atoms with E-state index in [9.17, 15) is 4.79 Å². The smallest absolute Gasteiger partial charge is 0.246 e. The van der Waals surface area contributed by atoms with Crippen LogP contribution in [0.3, 0.4) is 0 Å². The van der Waals surface area contributed by atoms with Crippen LogP contribution in [0.15, 0.2) is 30.3 Å². The van der Waals surface area contributed by atoms with Gasteiger partial charge in [0.1, 0.15) is 6.04 Å². The number of para-hydroxylation sites is 1. The maximum absolute atomic E-state index is 12.4. The summed E-state index contributed by atoms with van der Waals surface area (Å²) in [4.78, 5) is 16.4. The fourth-order valence-corrected chi connectivity index (χ4v) is 2.42. The van der Waals surface area contributed by atoms with Crippen molar-refractivity contribution in [2.45, 2.75) is 19.0 Å². The molecule has 1 heterocycles. The number of hydrogen-bond donors (Lipinski definition) is 1. The van der Waals surface area contributed by atoms with Crippen molar-refractivity contribution in [1.82, 2.24) is 10.2 Å². The first kappa shape index (κ1) is 12.9. The number of carbonyl (C=O) groups excluding carboxylic acids is 1. The van der Waals surface area contributed by atoms with E-state index in [-0.39, 0.29) is 18.0 Å². The summed E-state index contributed by atoms with van der Waals surface area (Å²) in [5.41, 5.74) is 1.12. The maximum atomic E-state index is 12.4. The zero-order valence-electron chi connectivity index (χ0n) is 11.3. The number of likely N-dealkylation sites (N-methyl/N-ethyl adjacent to an activating group) is 2. The van der Waals surface area contributed by atoms with Crippen molar-refractivity contribution in [2.75, 3.05) is 32.1 Å². The van der Waals surface area contributed by atoms with Crippen molar-refractivity contribution in [3.8, 4) is 0 Å². The molecule has 1 aliphatic rings. The Balaban J connectivity index is 2.28. The van der Waals surface area contributed by atoms with Crippen molar-refractivity contribution < 1.29 is 4.79 Å². The Morgan fingerprint density at radius 1 is 1.33 bits per heavy atom. The van der Waals surface area contributed by atoms with Gasteiger partial charge in [-0.05, 0) is 26.1 Å². The molecule has 98 valence electrons. The molecule has 18 heavy (non-hydrogen) atoms. The number of benzene rings is 1. The molecule has 0 aromatic heterocycles. The summed E-state index contributed by atoms with van der Waals surface area (Å²) < 4.78 is 0. The highest BCUT2D eigenvalue weighted by atomic mass is 16.2. The zero-order valence-corrected chi connectivity index (χ0v) is 11.3. The Morgan fingerprint density at radius 3 is 2.61 bits per heavy atom. The van der Waals surface area contributed by atoms with Crippen molar-refractivity contribution in [3.05, 3.63) is 30.3 Å². The first-order chi connectivity index (χ1) is 8.65. The topological polar surface area (TPSA) is 35.6 Å². The first-order valence-electron chi connectivity index (χ1n) is 6.38. The molecule has 0 aliphatic carbocycles. The van der Waals surface area contributed by atoms with Gasteiger partial charge < -0.3 is 15.1 Å². The van der Waals surface area contributed by atoms with Crippen molar-refractivity contribution in [2.24, 2.45) is 0 Å². The quantitative estimate of drug-likeness (QED) is 0.863. The Labute approximate surface area is 109 Å². The lowest BCUT2D eigenvalue weighted by Crippen LogP contribution is -2.62. The fraction of sp³-hybridized carbons (Fsp3) is 0.500. The van der Waals surface area contributed by atoms with Gasteiger partial charge in [0.05, 0.1) is 0 Å². The molecule has 1 fully saturated rings. The van der Waals surface area contributed by atoms with Crippen LogP contribution in [0.1, 0.15) is 6.92 Å². The summed E-state index contributed by atoms with van der Waals surface area (Å²) in [6.07, 6.45) is 0. The van der Waals surface area contributed by atoms with Gasteiger partial charge in [0.2, 0.25) is 5.91 Å². The third-order valence-electron chi connectivity index (χ3n) is 3.62. The number of hydrogen-bond acceptors (Lipinski definition) is 3. The van der Waals surface area contributed by atoms with E-state index in [1.807, 2.05) is 37.2 Å². The van der Waals surface area contributed by atoms with E-state index >= 15 is 0 Å². The monoisotopic (exact) mass is 247 g/mol. The summed E-state index contributed by atoms with van der Waals surface area (Å²) in [5.74, 6) is 0.187. The molecule has 2 unspecified atom stereocenters. The van der Waals surface area contributed by atoms with Crippen molar-refractivity contribution in [3.63, 3.8) is 0 Å². The fourth-order valence-electron chi connectivity index (χ4n) is 2.42. The van der Waals surface area contributed by atoms with Crippen LogP contribution in [0, 0.1) is 0 Å². The molecule has 0 bridgehead atoms. The second-order valence-corrected chi connectivity index (χ2v) is 4.86. The van der Waals surface area contributed by atoms with E-state index in [2.05, 4.69) is 29.3 Å². The maximum Gasteiger partial charge on any atom is 0.246 e. The van der Waals surface area contributed by atoms with Gasteiger partial charge in [0, 0.05) is 31.9 Å². The second kappa shape index (κ2) is 5.40. The molecule has 4 heteroatoms. The number of rotatable bonds is 3. The zero-order chi connectivity index (χ0) is 13.1. The third kappa shape index (κ3) is 2.34. The van der Waals surface area contributed by atoms with Crippen LogP contribution in [0.2, 0.25) is 0 Å². The molecule has 1 aliphatic heterocycles. The molecule has 2 rings (SSSR count). The predicted octanol–water partition coefficient (Wildman–Crippen LogP) is 0.942. The van der Waals surface area contributed by atoms with E-state index < -0.39 is 0 Å². The lowest BCUT2D eigenvalue weighted by atomic mass is 10.1. The molecular formula is C14H21N3O. The Morgan fingerprint density at radius 2 is 2.00 bits per heavy atom. The van der Waals surface area contributed by atoms with Gasteiger partial charge in [-0.3, -0.25) is 4.79 Å². The number of amides is 1. The van der Waals surface area contributed by atoms with Crippen molar-refractivity contribution >= 4 is 11.6 Å². The normalized spacial score (nSPS) is 24.5. The summed E-state index contributed by atoms with van der Waals surface area (Å²) in [7, 11) is 3.77. The average molecular weight is 247 g/mol. The molecule has 1 saturated heterocycles. The Kier molecular flexibility index (Phi) is 3.87. The second-order valence-electron chi connectivity index (χ2n) is 4.86. The Bertz CT molecular complexity index is 407. The van der Waals surface area contributed by atoms with E-state index in [0.717, 1.165) is 12.2 Å². The van der Waals surface area contributed by atoms with Gasteiger partial charge in [0.25, 0.3) is 0 Å². The van der Waals surface area contributed by atoms with E-state index in [0.29, 0.717) is 6.54 Å². The molecule has 0 saturated carbocycles. The molecule has 0 radical (unpaired) electrons. The number of piperazine rings is 1. The third-order valence-corrected chi connectivity index (χ3v) is 3.62. The van der Waals surface area contributed by atoms with Crippen LogP contribution in [0.5, 0.6) is 0 Å². The molecule has 2 atom stereocenters. The van der Waals surface area contributed by atoms with Crippen LogP contribution >= 0.6 is 0 Å². The van der Waals surface area contributed by atoms with Gasteiger partial charge in [-0.2, -0.15) is 0 Å². The van der Waals surface area contributed by atoms with E-state index in [1.54, 1.807) is 0 Å². The summed E-state index contributed by atoms with van der Waals surface area (Å²) in [6, 6.07) is 10.3. The van der Waals surface area contributed by atoms with Gasteiger partial charge in [-0.25, -0.2) is 0 Å². The number of anilines is 1. The molecule has 1 amide bonds. The largest absolute Gasteiger partial charge is 0.356 e. The molecule has 0 spiro atoms. The lowest BCUT2D eigenvalue weighted by Gasteiger charge is -2.44. The van der Waals surface area contributed by atoms with Crippen LogP contribution in [0.4, 0.5) is 5.69 Å². The van der Waals surface area contributed by atoms with Gasteiger partial charge in [-0.15, -0.1) is 0 Å². The molecule has 4 nitrogen and oxygen atoms in total. The number of carbonyl (C=O) groups is 1. The highest BCUT2D eigenvalue weighted by Gasteiger charge is 2.36. The summed E-state index contributed by atoms with van der Waals surface area (Å²) >= 11 is 0. The molecule has 1 aromatic carbocycles. The molecule has 1 N–H and O–H groups in total.